The van der Waals surface area contributed by atoms with Gasteiger partial charge in [-0.05, 0) is 31.3 Å². The zero-order chi connectivity index (χ0) is 9.19. The van der Waals surface area contributed by atoms with E-state index in [9.17, 15) is 0 Å². The van der Waals surface area contributed by atoms with Crippen LogP contribution in [-0.4, -0.2) is 29.9 Å². The van der Waals surface area contributed by atoms with E-state index in [1.54, 1.807) is 0 Å². The lowest BCUT2D eigenvalue weighted by Gasteiger charge is -2.28. The van der Waals surface area contributed by atoms with Gasteiger partial charge in [0.2, 0.25) is 0 Å². The third-order valence-electron chi connectivity index (χ3n) is 2.63. The standard InChI is InChI=1S/C10H20ClN/c1-4-12-6-5-9(11)7-10(2,3)8-12/h9H,4-8H2,1-3H3. The molecule has 1 unspecified atom stereocenters. The summed E-state index contributed by atoms with van der Waals surface area (Å²) in [5, 5.41) is 0.386. The van der Waals surface area contributed by atoms with Crippen LogP contribution in [0.5, 0.6) is 0 Å². The fraction of sp³-hybridized carbons (Fsp3) is 1.00. The molecule has 0 aromatic rings. The molecule has 2 heteroatoms. The lowest BCUT2D eigenvalue weighted by atomic mass is 9.88. The summed E-state index contributed by atoms with van der Waals surface area (Å²) in [6.07, 6.45) is 2.31. The topological polar surface area (TPSA) is 3.24 Å². The van der Waals surface area contributed by atoms with Gasteiger partial charge in [-0.25, -0.2) is 0 Å². The van der Waals surface area contributed by atoms with Crippen LogP contribution in [0.3, 0.4) is 0 Å². The van der Waals surface area contributed by atoms with Crippen molar-refractivity contribution >= 4 is 11.6 Å². The number of nitrogens with zero attached hydrogens (tertiary/aromatic N) is 1. The van der Waals surface area contributed by atoms with Crippen molar-refractivity contribution in [2.75, 3.05) is 19.6 Å². The molecular formula is C10H20ClN. The summed E-state index contributed by atoms with van der Waals surface area (Å²) >= 11 is 6.20. The average Bonchev–Trinajstić information content (AvgIpc) is 2.07. The second-order valence-electron chi connectivity index (χ2n) is 4.62. The zero-order valence-corrected chi connectivity index (χ0v) is 9.19. The van der Waals surface area contributed by atoms with Crippen molar-refractivity contribution in [3.8, 4) is 0 Å². The Morgan fingerprint density at radius 3 is 2.75 bits per heavy atom. The Hall–Kier alpha value is 0.250. The highest BCUT2D eigenvalue weighted by molar-refractivity contribution is 6.20. The van der Waals surface area contributed by atoms with E-state index in [1.807, 2.05) is 0 Å². The molecule has 12 heavy (non-hydrogen) atoms. The molecule has 1 atom stereocenters. The second-order valence-corrected chi connectivity index (χ2v) is 5.24. The number of rotatable bonds is 1. The Kier molecular flexibility index (Phi) is 3.42. The predicted octanol–water partition coefficient (Wildman–Crippen LogP) is 2.74. The minimum absolute atomic E-state index is 0.386. The fourth-order valence-electron chi connectivity index (χ4n) is 2.04. The lowest BCUT2D eigenvalue weighted by Crippen LogP contribution is -2.32. The normalized spacial score (nSPS) is 31.5. The summed E-state index contributed by atoms with van der Waals surface area (Å²) in [6.45, 7) is 10.4. The molecule has 1 rings (SSSR count). The van der Waals surface area contributed by atoms with Crippen LogP contribution < -0.4 is 0 Å². The van der Waals surface area contributed by atoms with E-state index in [-0.39, 0.29) is 0 Å². The maximum absolute atomic E-state index is 6.20. The molecule has 0 N–H and O–H groups in total. The molecule has 1 saturated heterocycles. The van der Waals surface area contributed by atoms with Gasteiger partial charge in [-0.1, -0.05) is 20.8 Å². The van der Waals surface area contributed by atoms with E-state index in [4.69, 9.17) is 11.6 Å². The summed E-state index contributed by atoms with van der Waals surface area (Å²) in [4.78, 5) is 2.50. The Bertz CT molecular complexity index is 145. The van der Waals surface area contributed by atoms with Gasteiger partial charge in [0.05, 0.1) is 0 Å². The molecule has 0 aliphatic carbocycles. The third-order valence-corrected chi connectivity index (χ3v) is 3.00. The van der Waals surface area contributed by atoms with E-state index in [0.717, 1.165) is 19.4 Å². The molecule has 1 nitrogen and oxygen atoms in total. The first-order chi connectivity index (χ1) is 5.53. The van der Waals surface area contributed by atoms with Crippen LogP contribution in [0.1, 0.15) is 33.6 Å². The molecule has 1 aliphatic rings. The highest BCUT2D eigenvalue weighted by atomic mass is 35.5. The van der Waals surface area contributed by atoms with Crippen LogP contribution in [0.2, 0.25) is 0 Å². The number of halogens is 1. The van der Waals surface area contributed by atoms with E-state index in [0.29, 0.717) is 10.8 Å². The van der Waals surface area contributed by atoms with Crippen molar-refractivity contribution in [3.05, 3.63) is 0 Å². The van der Waals surface area contributed by atoms with Crippen molar-refractivity contribution in [2.24, 2.45) is 5.41 Å². The van der Waals surface area contributed by atoms with Crippen molar-refractivity contribution in [1.29, 1.82) is 0 Å². The van der Waals surface area contributed by atoms with Gasteiger partial charge in [0, 0.05) is 11.9 Å². The summed E-state index contributed by atoms with van der Waals surface area (Å²) in [6, 6.07) is 0. The van der Waals surface area contributed by atoms with Gasteiger partial charge < -0.3 is 4.90 Å². The van der Waals surface area contributed by atoms with Crippen molar-refractivity contribution in [1.82, 2.24) is 4.90 Å². The minimum Gasteiger partial charge on any atom is -0.303 e. The minimum atomic E-state index is 0.386. The Balaban J connectivity index is 2.56. The van der Waals surface area contributed by atoms with Crippen LogP contribution in [0.4, 0.5) is 0 Å². The van der Waals surface area contributed by atoms with Crippen molar-refractivity contribution < 1.29 is 0 Å². The molecule has 1 fully saturated rings. The predicted molar refractivity (Wildman–Crippen MR) is 54.8 cm³/mol. The highest BCUT2D eigenvalue weighted by Crippen LogP contribution is 2.30. The highest BCUT2D eigenvalue weighted by Gasteiger charge is 2.28. The first-order valence-electron chi connectivity index (χ1n) is 4.90. The molecule has 0 aromatic carbocycles. The van der Waals surface area contributed by atoms with Crippen LogP contribution >= 0.6 is 11.6 Å². The smallest absolute Gasteiger partial charge is 0.0353 e. The van der Waals surface area contributed by atoms with E-state index < -0.39 is 0 Å². The fourth-order valence-corrected chi connectivity index (χ4v) is 2.56. The summed E-state index contributed by atoms with van der Waals surface area (Å²) in [5.74, 6) is 0. The van der Waals surface area contributed by atoms with Gasteiger partial charge in [-0.15, -0.1) is 11.6 Å². The molecule has 0 bridgehead atoms. The Morgan fingerprint density at radius 2 is 2.17 bits per heavy atom. The molecule has 0 saturated carbocycles. The van der Waals surface area contributed by atoms with Crippen LogP contribution in [0.25, 0.3) is 0 Å². The van der Waals surface area contributed by atoms with Gasteiger partial charge >= 0.3 is 0 Å². The maximum atomic E-state index is 6.20. The quantitative estimate of drug-likeness (QED) is 0.574. The largest absolute Gasteiger partial charge is 0.303 e. The number of alkyl halides is 1. The van der Waals surface area contributed by atoms with E-state index >= 15 is 0 Å². The first-order valence-corrected chi connectivity index (χ1v) is 5.33. The average molecular weight is 190 g/mol. The van der Waals surface area contributed by atoms with Gasteiger partial charge in [-0.3, -0.25) is 0 Å². The molecule has 0 spiro atoms. The second kappa shape index (κ2) is 3.97. The molecular weight excluding hydrogens is 170 g/mol. The van der Waals surface area contributed by atoms with Gasteiger partial charge in [-0.2, -0.15) is 0 Å². The van der Waals surface area contributed by atoms with Gasteiger partial charge in [0.15, 0.2) is 0 Å². The summed E-state index contributed by atoms with van der Waals surface area (Å²) in [7, 11) is 0. The molecule has 0 radical (unpaired) electrons. The van der Waals surface area contributed by atoms with Crippen LogP contribution in [-0.2, 0) is 0 Å². The molecule has 1 aliphatic heterocycles. The lowest BCUT2D eigenvalue weighted by molar-refractivity contribution is 0.203. The Labute approximate surface area is 81.1 Å². The van der Waals surface area contributed by atoms with E-state index in [1.165, 1.54) is 13.1 Å². The van der Waals surface area contributed by atoms with Gasteiger partial charge in [0.25, 0.3) is 0 Å². The van der Waals surface area contributed by atoms with Crippen molar-refractivity contribution in [3.63, 3.8) is 0 Å². The molecule has 0 aromatic heterocycles. The van der Waals surface area contributed by atoms with Crippen LogP contribution in [0, 0.1) is 5.41 Å². The molecule has 72 valence electrons. The first kappa shape index (κ1) is 10.3. The van der Waals surface area contributed by atoms with Crippen molar-refractivity contribution in [2.45, 2.75) is 39.0 Å². The summed E-state index contributed by atoms with van der Waals surface area (Å²) in [5.41, 5.74) is 0.402. The van der Waals surface area contributed by atoms with E-state index in [2.05, 4.69) is 25.7 Å². The molecule has 0 amide bonds. The van der Waals surface area contributed by atoms with Gasteiger partial charge in [0.1, 0.15) is 0 Å². The molecule has 1 heterocycles. The van der Waals surface area contributed by atoms with Crippen LogP contribution in [0.15, 0.2) is 0 Å². The number of likely N-dealkylation sites (tertiary alicyclic amines) is 1. The number of hydrogen-bond acceptors (Lipinski definition) is 1. The SMILES string of the molecule is CCN1CCC(Cl)CC(C)(C)C1. The zero-order valence-electron chi connectivity index (χ0n) is 8.44. The monoisotopic (exact) mass is 189 g/mol. The third kappa shape index (κ3) is 2.95. The maximum Gasteiger partial charge on any atom is 0.0353 e. The Morgan fingerprint density at radius 1 is 1.50 bits per heavy atom. The summed E-state index contributed by atoms with van der Waals surface area (Å²) < 4.78 is 0. The number of hydrogen-bond donors (Lipinski definition) is 0.